The average molecular weight is 766 g/mol. The zero-order valence-electron chi connectivity index (χ0n) is 33.4. The molecule has 1 spiro atoms. The van der Waals surface area contributed by atoms with Crippen LogP contribution in [0.1, 0.15) is 47.2 Å². The maximum atomic E-state index is 6.52. The number of nitrogens with zero attached hydrogens (tertiary/aromatic N) is 1. The van der Waals surface area contributed by atoms with E-state index in [0.717, 1.165) is 44.4 Å². The van der Waals surface area contributed by atoms with E-state index in [1.807, 2.05) is 6.07 Å². The lowest BCUT2D eigenvalue weighted by Crippen LogP contribution is -2.28. The molecule has 0 radical (unpaired) electrons. The van der Waals surface area contributed by atoms with E-state index in [1.165, 1.54) is 72.4 Å². The minimum atomic E-state index is -0.503. The second-order valence-electron chi connectivity index (χ2n) is 17.1. The van der Waals surface area contributed by atoms with Gasteiger partial charge < -0.3 is 9.32 Å². The summed E-state index contributed by atoms with van der Waals surface area (Å²) in [5.74, 6) is 0. The predicted molar refractivity (Wildman–Crippen MR) is 248 cm³/mol. The first-order valence-electron chi connectivity index (χ1n) is 21.0. The summed E-state index contributed by atoms with van der Waals surface area (Å²) in [4.78, 5) is 2.53. The second kappa shape index (κ2) is 12.1. The van der Waals surface area contributed by atoms with Crippen LogP contribution in [0.3, 0.4) is 0 Å². The summed E-state index contributed by atoms with van der Waals surface area (Å²) < 4.78 is 6.52. The molecule has 2 nitrogen and oxygen atoms in total. The van der Waals surface area contributed by atoms with Crippen molar-refractivity contribution in [3.8, 4) is 44.5 Å². The Morgan fingerprint density at radius 2 is 0.883 bits per heavy atom. The van der Waals surface area contributed by atoms with E-state index in [1.54, 1.807) is 0 Å². The molecule has 0 saturated carbocycles. The molecule has 10 aromatic rings. The van der Waals surface area contributed by atoms with Gasteiger partial charge in [-0.3, -0.25) is 0 Å². The minimum absolute atomic E-state index is 0.151. The van der Waals surface area contributed by atoms with Crippen molar-refractivity contribution in [3.05, 3.63) is 234 Å². The van der Waals surface area contributed by atoms with E-state index in [2.05, 4.69) is 213 Å². The Bertz CT molecular complexity index is 3360. The summed E-state index contributed by atoms with van der Waals surface area (Å²) in [7, 11) is 0. The Hall–Kier alpha value is -7.42. The summed E-state index contributed by atoms with van der Waals surface area (Å²) in [5, 5.41) is 2.28. The van der Waals surface area contributed by atoms with Crippen molar-refractivity contribution in [3.63, 3.8) is 0 Å². The molecule has 0 N–H and O–H groups in total. The maximum Gasteiger partial charge on any atom is 0.143 e. The molecule has 282 valence electrons. The third-order valence-corrected chi connectivity index (χ3v) is 13.9. The molecule has 0 aliphatic heterocycles. The van der Waals surface area contributed by atoms with Crippen LogP contribution in [-0.2, 0) is 10.8 Å². The molecule has 0 fully saturated rings. The normalized spacial score (nSPS) is 14.4. The number of para-hydroxylation sites is 2. The molecule has 2 heteroatoms. The highest BCUT2D eigenvalue weighted by Gasteiger charge is 2.53. The van der Waals surface area contributed by atoms with Gasteiger partial charge in [-0.05, 0) is 103 Å². The number of rotatable bonds is 4. The van der Waals surface area contributed by atoms with E-state index in [0.29, 0.717) is 0 Å². The Morgan fingerprint density at radius 3 is 1.58 bits per heavy atom. The summed E-state index contributed by atoms with van der Waals surface area (Å²) in [6.07, 6.45) is 0. The highest BCUT2D eigenvalue weighted by molar-refractivity contribution is 6.09. The summed E-state index contributed by atoms with van der Waals surface area (Å²) in [6.45, 7) is 4.75. The van der Waals surface area contributed by atoms with Gasteiger partial charge in [0.1, 0.15) is 11.2 Å². The Kier molecular flexibility index (Phi) is 6.74. The molecule has 13 rings (SSSR count). The van der Waals surface area contributed by atoms with E-state index in [9.17, 15) is 0 Å². The zero-order chi connectivity index (χ0) is 39.7. The molecule has 0 saturated heterocycles. The Morgan fingerprint density at radius 1 is 0.383 bits per heavy atom. The van der Waals surface area contributed by atoms with Gasteiger partial charge in [-0.15, -0.1) is 0 Å². The number of fused-ring (bicyclic) bond motifs is 16. The van der Waals surface area contributed by atoms with Gasteiger partial charge in [-0.25, -0.2) is 0 Å². The standard InChI is InChI=1S/C58H39NO/c1-57(2)48-23-8-3-15-40(48)44-34-33-38(35-52(44)57)59(37-31-29-36(30-32-37)39-20-13-22-47-45-19-7-12-28-54(45)60-56(39)47)53-27-14-21-46-43-18-6-11-26-51(43)58(55(46)53)49-24-9-4-16-41(49)42-17-5-10-25-50(42)58/h3-35H,1-2H3. The molecule has 1 aromatic heterocycles. The van der Waals surface area contributed by atoms with Gasteiger partial charge in [-0.2, -0.15) is 0 Å². The smallest absolute Gasteiger partial charge is 0.143 e. The average Bonchev–Trinajstić information content (AvgIpc) is 3.99. The first-order chi connectivity index (χ1) is 29.5. The highest BCUT2D eigenvalue weighted by atomic mass is 16.3. The largest absolute Gasteiger partial charge is 0.455 e. The third kappa shape index (κ3) is 4.27. The molecule has 0 amide bonds. The van der Waals surface area contributed by atoms with Crippen molar-refractivity contribution < 1.29 is 4.42 Å². The first-order valence-corrected chi connectivity index (χ1v) is 21.0. The number of hydrogen-bond donors (Lipinski definition) is 0. The van der Waals surface area contributed by atoms with Gasteiger partial charge in [0.05, 0.1) is 11.1 Å². The Balaban J connectivity index is 1.07. The van der Waals surface area contributed by atoms with Crippen molar-refractivity contribution in [2.75, 3.05) is 4.90 Å². The van der Waals surface area contributed by atoms with Crippen molar-refractivity contribution in [1.29, 1.82) is 0 Å². The SMILES string of the molecule is CC1(C)c2ccccc2-c2ccc(N(c3ccc(-c4cccc5c4oc4ccccc45)cc3)c3cccc4c3C3(c5ccccc5-c5ccccc53)c3ccccc3-4)cc21. The van der Waals surface area contributed by atoms with Crippen molar-refractivity contribution >= 4 is 39.0 Å². The van der Waals surface area contributed by atoms with Gasteiger partial charge in [0.15, 0.2) is 0 Å². The lowest BCUT2D eigenvalue weighted by atomic mass is 9.70. The van der Waals surface area contributed by atoms with Crippen LogP contribution in [0.2, 0.25) is 0 Å². The summed E-state index contributed by atoms with van der Waals surface area (Å²) >= 11 is 0. The number of furan rings is 1. The van der Waals surface area contributed by atoms with E-state index < -0.39 is 5.41 Å². The fraction of sp³-hybridized carbons (Fsp3) is 0.0690. The maximum absolute atomic E-state index is 6.52. The monoisotopic (exact) mass is 765 g/mol. The molecule has 9 aromatic carbocycles. The van der Waals surface area contributed by atoms with Crippen molar-refractivity contribution in [2.24, 2.45) is 0 Å². The molecule has 60 heavy (non-hydrogen) atoms. The van der Waals surface area contributed by atoms with Gasteiger partial charge in [0.25, 0.3) is 0 Å². The number of benzene rings is 9. The van der Waals surface area contributed by atoms with Crippen molar-refractivity contribution in [1.82, 2.24) is 0 Å². The van der Waals surface area contributed by atoms with Crippen LogP contribution in [-0.4, -0.2) is 0 Å². The fourth-order valence-electron chi connectivity index (χ4n) is 11.3. The topological polar surface area (TPSA) is 16.4 Å². The molecule has 3 aliphatic carbocycles. The van der Waals surface area contributed by atoms with Crippen LogP contribution in [0.5, 0.6) is 0 Å². The van der Waals surface area contributed by atoms with Crippen LogP contribution < -0.4 is 4.90 Å². The third-order valence-electron chi connectivity index (χ3n) is 13.9. The quantitative estimate of drug-likeness (QED) is 0.177. The molecule has 0 bridgehead atoms. The molecule has 1 heterocycles. The van der Waals surface area contributed by atoms with Crippen LogP contribution >= 0.6 is 0 Å². The zero-order valence-corrected chi connectivity index (χ0v) is 33.4. The van der Waals surface area contributed by atoms with Gasteiger partial charge in [0, 0.05) is 38.7 Å². The molecular weight excluding hydrogens is 727 g/mol. The summed E-state index contributed by atoms with van der Waals surface area (Å²) in [6, 6.07) is 74.2. The number of anilines is 3. The predicted octanol–water partition coefficient (Wildman–Crippen LogP) is 15.4. The van der Waals surface area contributed by atoms with E-state index in [-0.39, 0.29) is 5.41 Å². The Labute approximate surface area is 349 Å². The fourth-order valence-corrected chi connectivity index (χ4v) is 11.3. The second-order valence-corrected chi connectivity index (χ2v) is 17.1. The first kappa shape index (κ1) is 33.5. The van der Waals surface area contributed by atoms with Crippen LogP contribution in [0.15, 0.2) is 205 Å². The van der Waals surface area contributed by atoms with Gasteiger partial charge >= 0.3 is 0 Å². The van der Waals surface area contributed by atoms with Gasteiger partial charge in [-0.1, -0.05) is 178 Å². The molecule has 0 atom stereocenters. The van der Waals surface area contributed by atoms with Gasteiger partial charge in [0.2, 0.25) is 0 Å². The molecule has 0 unspecified atom stereocenters. The van der Waals surface area contributed by atoms with E-state index >= 15 is 0 Å². The highest BCUT2D eigenvalue weighted by Crippen LogP contribution is 2.65. The lowest BCUT2D eigenvalue weighted by Gasteiger charge is -2.36. The van der Waals surface area contributed by atoms with Crippen molar-refractivity contribution in [2.45, 2.75) is 24.7 Å². The summed E-state index contributed by atoms with van der Waals surface area (Å²) in [5.41, 5.74) is 22.7. The van der Waals surface area contributed by atoms with Crippen LogP contribution in [0, 0.1) is 0 Å². The lowest BCUT2D eigenvalue weighted by molar-refractivity contribution is 0.660. The molecular formula is C58H39NO. The minimum Gasteiger partial charge on any atom is -0.455 e. The van der Waals surface area contributed by atoms with Crippen LogP contribution in [0.4, 0.5) is 17.1 Å². The number of hydrogen-bond acceptors (Lipinski definition) is 2. The molecule has 3 aliphatic rings. The van der Waals surface area contributed by atoms with E-state index in [4.69, 9.17) is 4.42 Å². The van der Waals surface area contributed by atoms with Crippen LogP contribution in [0.25, 0.3) is 66.4 Å².